The van der Waals surface area contributed by atoms with Crippen LogP contribution in [0.2, 0.25) is 0 Å². The number of furan rings is 1. The molecule has 152 valence electrons. The van der Waals surface area contributed by atoms with Crippen molar-refractivity contribution < 1.29 is 17.6 Å². The number of carbonyl (C=O) groups is 1. The minimum absolute atomic E-state index is 0.0187. The minimum atomic E-state index is -3.65. The number of nitrogens with one attached hydrogen (secondary N) is 1. The first kappa shape index (κ1) is 21.2. The van der Waals surface area contributed by atoms with Crippen LogP contribution in [0.3, 0.4) is 0 Å². The number of benzene rings is 2. The number of carbonyl (C=O) groups excluding carboxylic acids is 1. The van der Waals surface area contributed by atoms with Crippen LogP contribution in [0, 0.1) is 6.92 Å². The van der Waals surface area contributed by atoms with Gasteiger partial charge in [-0.15, -0.1) is 11.8 Å². The van der Waals surface area contributed by atoms with Gasteiger partial charge in [-0.05, 0) is 49.6 Å². The highest BCUT2D eigenvalue weighted by atomic mass is 32.2. The maximum Gasteiger partial charge on any atom is 0.291 e. The Labute approximate surface area is 175 Å². The zero-order chi connectivity index (χ0) is 21.0. The highest BCUT2D eigenvalue weighted by Crippen LogP contribution is 2.25. The van der Waals surface area contributed by atoms with Gasteiger partial charge < -0.3 is 9.73 Å². The standard InChI is InChI=1S/C21H22N2O4S2/c1-15-8-11-17(12-9-15)29(25,26)23(2)14-16-10-13-19(27-16)21(24)22-18-6-4-5-7-20(18)28-3/h4-13H,14H2,1-3H3,(H,22,24). The van der Waals surface area contributed by atoms with Gasteiger partial charge in [0.25, 0.3) is 5.91 Å². The molecule has 3 rings (SSSR count). The molecular formula is C21H22N2O4S2. The molecule has 1 N–H and O–H groups in total. The van der Waals surface area contributed by atoms with Crippen molar-refractivity contribution in [2.75, 3.05) is 18.6 Å². The zero-order valence-electron chi connectivity index (χ0n) is 16.4. The van der Waals surface area contributed by atoms with Gasteiger partial charge in [-0.2, -0.15) is 4.31 Å². The van der Waals surface area contributed by atoms with Crippen molar-refractivity contribution in [1.29, 1.82) is 0 Å². The molecule has 8 heteroatoms. The molecule has 0 aliphatic heterocycles. The quantitative estimate of drug-likeness (QED) is 0.563. The van der Waals surface area contributed by atoms with Crippen LogP contribution in [-0.4, -0.2) is 31.9 Å². The smallest absolute Gasteiger partial charge is 0.291 e. The Hall–Kier alpha value is -2.55. The first-order valence-electron chi connectivity index (χ1n) is 8.87. The summed E-state index contributed by atoms with van der Waals surface area (Å²) in [6.07, 6.45) is 1.93. The molecular weight excluding hydrogens is 408 g/mol. The normalized spacial score (nSPS) is 11.6. The Kier molecular flexibility index (Phi) is 6.46. The number of thioether (sulfide) groups is 1. The van der Waals surface area contributed by atoms with E-state index in [1.165, 1.54) is 23.1 Å². The van der Waals surface area contributed by atoms with Crippen molar-refractivity contribution in [3.8, 4) is 0 Å². The van der Waals surface area contributed by atoms with Gasteiger partial charge in [0.15, 0.2) is 5.76 Å². The van der Waals surface area contributed by atoms with Crippen LogP contribution < -0.4 is 5.32 Å². The number of hydrogen-bond acceptors (Lipinski definition) is 5. The number of anilines is 1. The van der Waals surface area contributed by atoms with Gasteiger partial charge in [-0.1, -0.05) is 29.8 Å². The second kappa shape index (κ2) is 8.86. The van der Waals surface area contributed by atoms with Gasteiger partial charge in [0.1, 0.15) is 5.76 Å². The number of sulfonamides is 1. The zero-order valence-corrected chi connectivity index (χ0v) is 18.0. The van der Waals surface area contributed by atoms with Crippen LogP contribution in [0.15, 0.2) is 74.9 Å². The molecule has 0 spiro atoms. The van der Waals surface area contributed by atoms with E-state index >= 15 is 0 Å². The van der Waals surface area contributed by atoms with E-state index in [1.54, 1.807) is 36.4 Å². The number of aryl methyl sites for hydroxylation is 1. The monoisotopic (exact) mass is 430 g/mol. The van der Waals surface area contributed by atoms with Crippen LogP contribution in [0.25, 0.3) is 0 Å². The van der Waals surface area contributed by atoms with Crippen molar-refractivity contribution in [3.05, 3.63) is 77.7 Å². The van der Waals surface area contributed by atoms with Crippen molar-refractivity contribution in [2.45, 2.75) is 23.3 Å². The summed E-state index contributed by atoms with van der Waals surface area (Å²) in [7, 11) is -2.17. The van der Waals surface area contributed by atoms with E-state index in [1.807, 2.05) is 37.4 Å². The molecule has 0 bridgehead atoms. The Bertz CT molecular complexity index is 1110. The lowest BCUT2D eigenvalue weighted by Gasteiger charge is -2.16. The maximum atomic E-state index is 12.7. The topological polar surface area (TPSA) is 79.6 Å². The fourth-order valence-corrected chi connectivity index (χ4v) is 4.40. The summed E-state index contributed by atoms with van der Waals surface area (Å²) >= 11 is 1.53. The largest absolute Gasteiger partial charge is 0.455 e. The fourth-order valence-electron chi connectivity index (χ4n) is 2.71. The van der Waals surface area contributed by atoms with E-state index in [9.17, 15) is 13.2 Å². The van der Waals surface area contributed by atoms with E-state index < -0.39 is 10.0 Å². The summed E-state index contributed by atoms with van der Waals surface area (Å²) in [6, 6.07) is 17.3. The molecule has 2 aromatic carbocycles. The fraction of sp³-hybridized carbons (Fsp3) is 0.190. The van der Waals surface area contributed by atoms with Gasteiger partial charge in [0.05, 0.1) is 17.1 Å². The summed E-state index contributed by atoms with van der Waals surface area (Å²) in [5, 5.41) is 2.82. The lowest BCUT2D eigenvalue weighted by atomic mass is 10.2. The van der Waals surface area contributed by atoms with Crippen LogP contribution in [0.5, 0.6) is 0 Å². The lowest BCUT2D eigenvalue weighted by molar-refractivity contribution is 0.0994. The lowest BCUT2D eigenvalue weighted by Crippen LogP contribution is -2.26. The summed E-state index contributed by atoms with van der Waals surface area (Å²) in [5.41, 5.74) is 1.68. The first-order valence-corrected chi connectivity index (χ1v) is 11.5. The number of hydrogen-bond donors (Lipinski definition) is 1. The van der Waals surface area contributed by atoms with E-state index in [2.05, 4.69) is 5.32 Å². The number of amides is 1. The summed E-state index contributed by atoms with van der Waals surface area (Å²) in [4.78, 5) is 13.6. The average Bonchev–Trinajstić information content (AvgIpc) is 3.17. The van der Waals surface area contributed by atoms with Crippen molar-refractivity contribution in [2.24, 2.45) is 0 Å². The van der Waals surface area contributed by atoms with Crippen LogP contribution in [0.4, 0.5) is 5.69 Å². The number of para-hydroxylation sites is 1. The SMILES string of the molecule is CSc1ccccc1NC(=O)c1ccc(CN(C)S(=O)(=O)c2ccc(C)cc2)o1. The Balaban J connectivity index is 1.71. The molecule has 0 fully saturated rings. The molecule has 0 saturated heterocycles. The number of nitrogens with zero attached hydrogens (tertiary/aromatic N) is 1. The third-order valence-electron chi connectivity index (χ3n) is 4.35. The number of rotatable bonds is 7. The van der Waals surface area contributed by atoms with Crippen molar-refractivity contribution in [3.63, 3.8) is 0 Å². The third kappa shape index (κ3) is 4.90. The molecule has 29 heavy (non-hydrogen) atoms. The molecule has 0 radical (unpaired) electrons. The van der Waals surface area contributed by atoms with Crippen LogP contribution >= 0.6 is 11.8 Å². The van der Waals surface area contributed by atoms with Crippen LogP contribution in [-0.2, 0) is 16.6 Å². The molecule has 1 aromatic heterocycles. The second-order valence-electron chi connectivity index (χ2n) is 6.49. The van der Waals surface area contributed by atoms with Gasteiger partial charge in [0, 0.05) is 11.9 Å². The van der Waals surface area contributed by atoms with Gasteiger partial charge in [-0.25, -0.2) is 8.42 Å². The molecule has 1 heterocycles. The van der Waals surface area contributed by atoms with Crippen molar-refractivity contribution >= 4 is 33.4 Å². The van der Waals surface area contributed by atoms with E-state index in [0.717, 1.165) is 10.5 Å². The molecule has 0 atom stereocenters. The minimum Gasteiger partial charge on any atom is -0.455 e. The Morgan fingerprint density at radius 1 is 1.07 bits per heavy atom. The predicted molar refractivity (Wildman–Crippen MR) is 115 cm³/mol. The average molecular weight is 431 g/mol. The third-order valence-corrected chi connectivity index (χ3v) is 6.96. The van der Waals surface area contributed by atoms with E-state index in [0.29, 0.717) is 11.4 Å². The molecule has 6 nitrogen and oxygen atoms in total. The molecule has 1 amide bonds. The molecule has 0 aliphatic rings. The maximum absolute atomic E-state index is 12.7. The van der Waals surface area contributed by atoms with Crippen molar-refractivity contribution in [1.82, 2.24) is 4.31 Å². The highest BCUT2D eigenvalue weighted by molar-refractivity contribution is 7.98. The van der Waals surface area contributed by atoms with Gasteiger partial charge in [-0.3, -0.25) is 4.79 Å². The highest BCUT2D eigenvalue weighted by Gasteiger charge is 2.22. The van der Waals surface area contributed by atoms with Crippen LogP contribution in [0.1, 0.15) is 21.9 Å². The first-order chi connectivity index (χ1) is 13.8. The predicted octanol–water partition coefficient (Wildman–Crippen LogP) is 4.38. The molecule has 0 unspecified atom stereocenters. The van der Waals surface area contributed by atoms with E-state index in [4.69, 9.17) is 4.42 Å². The summed E-state index contributed by atoms with van der Waals surface area (Å²) in [6.45, 7) is 1.91. The van der Waals surface area contributed by atoms with E-state index in [-0.39, 0.29) is 23.1 Å². The van der Waals surface area contributed by atoms with Gasteiger partial charge >= 0.3 is 0 Å². The molecule has 0 saturated carbocycles. The summed E-state index contributed by atoms with van der Waals surface area (Å²) in [5.74, 6) is 0.116. The second-order valence-corrected chi connectivity index (χ2v) is 9.39. The Morgan fingerprint density at radius 2 is 1.76 bits per heavy atom. The summed E-state index contributed by atoms with van der Waals surface area (Å²) < 4.78 is 32.2. The molecule has 3 aromatic rings. The molecule has 0 aliphatic carbocycles. The van der Waals surface area contributed by atoms with Gasteiger partial charge in [0.2, 0.25) is 10.0 Å². The Morgan fingerprint density at radius 3 is 2.45 bits per heavy atom.